The Morgan fingerprint density at radius 1 is 1.24 bits per heavy atom. The minimum absolute atomic E-state index is 0.0401. The molecule has 3 aromatic rings. The number of nitriles is 1. The third-order valence-corrected chi connectivity index (χ3v) is 4.78. The molecule has 2 N–H and O–H groups in total. The van der Waals surface area contributed by atoms with Crippen molar-refractivity contribution in [1.82, 2.24) is 9.97 Å². The number of anilines is 1. The lowest BCUT2D eigenvalue weighted by molar-refractivity contribution is 0.371. The van der Waals surface area contributed by atoms with E-state index in [4.69, 9.17) is 0 Å². The molecule has 0 radical (unpaired) electrons. The third kappa shape index (κ3) is 2.52. The van der Waals surface area contributed by atoms with Crippen molar-refractivity contribution in [3.8, 4) is 6.07 Å². The predicted molar refractivity (Wildman–Crippen MR) is 98.2 cm³/mol. The van der Waals surface area contributed by atoms with Crippen LogP contribution < -0.4 is 4.90 Å². The first kappa shape index (κ1) is 15.3. The number of allylic oxidation sites excluding steroid dienone is 1. The van der Waals surface area contributed by atoms with Crippen LogP contribution >= 0.6 is 0 Å². The number of nitrogens with one attached hydrogen (secondary N) is 1. The van der Waals surface area contributed by atoms with E-state index in [1.807, 2.05) is 43.3 Å². The second-order valence-electron chi connectivity index (χ2n) is 6.22. The Hall–Kier alpha value is -3.26. The van der Waals surface area contributed by atoms with E-state index in [1.54, 1.807) is 0 Å². The van der Waals surface area contributed by atoms with Gasteiger partial charge in [-0.2, -0.15) is 5.26 Å². The Kier molecular flexibility index (Phi) is 3.66. The highest BCUT2D eigenvalue weighted by Gasteiger charge is 2.28. The maximum absolute atomic E-state index is 10.8. The molecule has 0 fully saturated rings. The first-order valence-electron chi connectivity index (χ1n) is 8.32. The Morgan fingerprint density at radius 2 is 2.00 bits per heavy atom. The Morgan fingerprint density at radius 3 is 2.80 bits per heavy atom. The highest BCUT2D eigenvalue weighted by molar-refractivity contribution is 5.83. The molecule has 2 heterocycles. The van der Waals surface area contributed by atoms with Crippen molar-refractivity contribution in [2.24, 2.45) is 0 Å². The molecule has 124 valence electrons. The van der Waals surface area contributed by atoms with Gasteiger partial charge in [-0.3, -0.25) is 0 Å². The largest absolute Gasteiger partial charge is 0.509 e. The number of aliphatic hydroxyl groups is 1. The average molecular weight is 330 g/mol. The first-order chi connectivity index (χ1) is 12.2. The molecule has 0 saturated heterocycles. The minimum Gasteiger partial charge on any atom is -0.509 e. The molecule has 0 saturated carbocycles. The van der Waals surface area contributed by atoms with Crippen molar-refractivity contribution in [1.29, 1.82) is 5.26 Å². The third-order valence-electron chi connectivity index (χ3n) is 4.78. The maximum Gasteiger partial charge on any atom is 0.152 e. The summed E-state index contributed by atoms with van der Waals surface area (Å²) in [5.41, 5.74) is 4.19. The number of fused-ring (bicyclic) bond motifs is 2. The molecule has 2 aromatic carbocycles. The van der Waals surface area contributed by atoms with Gasteiger partial charge in [0, 0.05) is 12.2 Å². The molecule has 4 rings (SSSR count). The monoisotopic (exact) mass is 330 g/mol. The Labute approximate surface area is 145 Å². The van der Waals surface area contributed by atoms with Gasteiger partial charge in [0.15, 0.2) is 5.82 Å². The molecule has 5 nitrogen and oxygen atoms in total. The highest BCUT2D eigenvalue weighted by Crippen LogP contribution is 2.32. The number of H-pyrrole nitrogens is 1. The van der Waals surface area contributed by atoms with Crippen LogP contribution in [-0.2, 0) is 6.42 Å². The van der Waals surface area contributed by atoms with Crippen LogP contribution in [0.4, 0.5) is 5.69 Å². The zero-order valence-corrected chi connectivity index (χ0v) is 13.9. The van der Waals surface area contributed by atoms with Crippen molar-refractivity contribution in [3.05, 3.63) is 65.7 Å². The fraction of sp³-hybridized carbons (Fsp3) is 0.200. The number of imidazole rings is 1. The molecule has 0 spiro atoms. The van der Waals surface area contributed by atoms with E-state index in [-0.39, 0.29) is 17.4 Å². The number of aromatic nitrogens is 2. The average Bonchev–Trinajstić information content (AvgIpc) is 3.25. The molecule has 1 aliphatic rings. The molecule has 5 heteroatoms. The van der Waals surface area contributed by atoms with E-state index in [0.29, 0.717) is 5.82 Å². The van der Waals surface area contributed by atoms with Crippen LogP contribution in [0.3, 0.4) is 0 Å². The molecule has 1 aromatic heterocycles. The van der Waals surface area contributed by atoms with Crippen molar-refractivity contribution < 1.29 is 5.11 Å². The second-order valence-corrected chi connectivity index (χ2v) is 6.22. The van der Waals surface area contributed by atoms with E-state index in [2.05, 4.69) is 33.1 Å². The summed E-state index contributed by atoms with van der Waals surface area (Å²) in [4.78, 5) is 9.70. The van der Waals surface area contributed by atoms with E-state index in [0.717, 1.165) is 29.7 Å². The van der Waals surface area contributed by atoms with Crippen molar-refractivity contribution in [3.63, 3.8) is 0 Å². The second kappa shape index (κ2) is 5.99. The van der Waals surface area contributed by atoms with Gasteiger partial charge in [0.1, 0.15) is 17.4 Å². The summed E-state index contributed by atoms with van der Waals surface area (Å²) in [5, 5.41) is 20.4. The topological polar surface area (TPSA) is 75.9 Å². The van der Waals surface area contributed by atoms with Gasteiger partial charge in [-0.15, -0.1) is 0 Å². The predicted octanol–water partition coefficient (Wildman–Crippen LogP) is 3.81. The zero-order chi connectivity index (χ0) is 17.4. The van der Waals surface area contributed by atoms with Gasteiger partial charge in [-0.1, -0.05) is 30.3 Å². The number of benzene rings is 2. The summed E-state index contributed by atoms with van der Waals surface area (Å²) in [6, 6.07) is 17.6. The lowest BCUT2D eigenvalue weighted by atomic mass is 10.1. The fourth-order valence-corrected chi connectivity index (χ4v) is 3.43. The van der Waals surface area contributed by atoms with E-state index in [1.165, 1.54) is 5.56 Å². The molecule has 1 atom stereocenters. The van der Waals surface area contributed by atoms with Gasteiger partial charge in [0.05, 0.1) is 17.1 Å². The van der Waals surface area contributed by atoms with Crippen LogP contribution in [0.15, 0.2) is 54.3 Å². The smallest absolute Gasteiger partial charge is 0.152 e. The number of para-hydroxylation sites is 3. The van der Waals surface area contributed by atoms with Crippen LogP contribution in [-0.4, -0.2) is 27.7 Å². The standard InChI is InChI=1S/C20H18N4O/c1-13(24-11-10-14-6-2-5-9-18(14)24)19(25)15(12-21)20-22-16-7-3-4-8-17(16)23-20/h2-9,13,25H,10-11H2,1H3,(H,22,23)/b19-15-/t13-/m0/s1. The van der Waals surface area contributed by atoms with Gasteiger partial charge in [0.25, 0.3) is 0 Å². The highest BCUT2D eigenvalue weighted by atomic mass is 16.3. The first-order valence-corrected chi connectivity index (χ1v) is 8.32. The van der Waals surface area contributed by atoms with Gasteiger partial charge in [0.2, 0.25) is 0 Å². The fourth-order valence-electron chi connectivity index (χ4n) is 3.43. The molecule has 0 unspecified atom stereocenters. The zero-order valence-electron chi connectivity index (χ0n) is 13.9. The van der Waals surface area contributed by atoms with Crippen LogP contribution in [0.5, 0.6) is 0 Å². The maximum atomic E-state index is 10.8. The summed E-state index contributed by atoms with van der Waals surface area (Å²) in [6.07, 6.45) is 0.945. The molecular formula is C20H18N4O. The molecule has 25 heavy (non-hydrogen) atoms. The lowest BCUT2D eigenvalue weighted by Gasteiger charge is -2.27. The summed E-state index contributed by atoms with van der Waals surface area (Å²) >= 11 is 0. The van der Waals surface area contributed by atoms with Gasteiger partial charge in [-0.05, 0) is 37.1 Å². The normalized spacial score (nSPS) is 15.6. The number of rotatable bonds is 3. The Bertz CT molecular complexity index is 979. The molecule has 0 bridgehead atoms. The van der Waals surface area contributed by atoms with Crippen LogP contribution in [0.1, 0.15) is 18.3 Å². The molecular weight excluding hydrogens is 312 g/mol. The van der Waals surface area contributed by atoms with E-state index < -0.39 is 0 Å². The number of hydrogen-bond donors (Lipinski definition) is 2. The summed E-state index contributed by atoms with van der Waals surface area (Å²) in [7, 11) is 0. The number of aromatic amines is 1. The van der Waals surface area contributed by atoms with Crippen molar-refractivity contribution >= 4 is 22.3 Å². The lowest BCUT2D eigenvalue weighted by Crippen LogP contribution is -2.33. The molecule has 0 aliphatic carbocycles. The van der Waals surface area contributed by atoms with E-state index in [9.17, 15) is 10.4 Å². The van der Waals surface area contributed by atoms with Crippen LogP contribution in [0.25, 0.3) is 16.6 Å². The minimum atomic E-state index is -0.300. The van der Waals surface area contributed by atoms with Gasteiger partial charge in [-0.25, -0.2) is 4.98 Å². The summed E-state index contributed by atoms with van der Waals surface area (Å²) in [5.74, 6) is 0.443. The number of hydrogen-bond acceptors (Lipinski definition) is 4. The summed E-state index contributed by atoms with van der Waals surface area (Å²) < 4.78 is 0. The van der Waals surface area contributed by atoms with Crippen molar-refractivity contribution in [2.45, 2.75) is 19.4 Å². The van der Waals surface area contributed by atoms with E-state index >= 15 is 0 Å². The summed E-state index contributed by atoms with van der Waals surface area (Å²) in [6.45, 7) is 2.74. The van der Waals surface area contributed by atoms with Crippen molar-refractivity contribution in [2.75, 3.05) is 11.4 Å². The Balaban J connectivity index is 1.74. The number of aliphatic hydroxyl groups excluding tert-OH is 1. The van der Waals surface area contributed by atoms with Crippen LogP contribution in [0.2, 0.25) is 0 Å². The van der Waals surface area contributed by atoms with Gasteiger partial charge < -0.3 is 15.0 Å². The number of nitrogens with zero attached hydrogens (tertiary/aromatic N) is 3. The van der Waals surface area contributed by atoms with Gasteiger partial charge >= 0.3 is 0 Å². The molecule has 0 amide bonds. The van der Waals surface area contributed by atoms with Crippen LogP contribution in [0, 0.1) is 11.3 Å². The SMILES string of the molecule is C[C@@H](/C(O)=C(\C#N)c1nc2ccccc2[nH]1)N1CCc2ccccc21. The molecule has 1 aliphatic heterocycles. The quantitative estimate of drug-likeness (QED) is 0.565.